The molecule has 0 saturated heterocycles. The third-order valence-corrected chi connectivity index (χ3v) is 5.14. The van der Waals surface area contributed by atoms with E-state index >= 15 is 0 Å². The number of carbonyl (C=O) groups excluding carboxylic acids is 1. The Kier molecular flexibility index (Phi) is 7.79. The molecule has 6 heteroatoms. The lowest BCUT2D eigenvalue weighted by Gasteiger charge is -2.16. The van der Waals surface area contributed by atoms with E-state index in [4.69, 9.17) is 21.1 Å². The van der Waals surface area contributed by atoms with E-state index in [2.05, 4.69) is 10.6 Å². The molecule has 0 aromatic heterocycles. The molecule has 1 amide bonds. The summed E-state index contributed by atoms with van der Waals surface area (Å²) in [5.74, 6) is 1.28. The van der Waals surface area contributed by atoms with Crippen molar-refractivity contribution >= 4 is 28.9 Å². The van der Waals surface area contributed by atoms with Gasteiger partial charge in [-0.2, -0.15) is 0 Å². The van der Waals surface area contributed by atoms with E-state index < -0.39 is 0 Å². The van der Waals surface area contributed by atoms with E-state index in [1.54, 1.807) is 7.11 Å². The predicted octanol–water partition coefficient (Wildman–Crippen LogP) is 6.13. The molecule has 0 saturated carbocycles. The Hall–Kier alpha value is -3.18. The van der Waals surface area contributed by atoms with E-state index in [1.807, 2.05) is 80.6 Å². The van der Waals surface area contributed by atoms with Gasteiger partial charge in [-0.3, -0.25) is 4.79 Å². The molecule has 0 heterocycles. The van der Waals surface area contributed by atoms with Crippen molar-refractivity contribution in [1.29, 1.82) is 0 Å². The van der Waals surface area contributed by atoms with Crippen molar-refractivity contribution in [3.8, 4) is 11.5 Å². The van der Waals surface area contributed by atoms with Gasteiger partial charge >= 0.3 is 0 Å². The van der Waals surface area contributed by atoms with Crippen molar-refractivity contribution < 1.29 is 14.3 Å². The molecule has 31 heavy (non-hydrogen) atoms. The Bertz CT molecular complexity index is 1020. The van der Waals surface area contributed by atoms with Gasteiger partial charge < -0.3 is 20.1 Å². The van der Waals surface area contributed by atoms with Gasteiger partial charge in [0.05, 0.1) is 7.11 Å². The zero-order chi connectivity index (χ0) is 22.2. The van der Waals surface area contributed by atoms with E-state index in [-0.39, 0.29) is 11.8 Å². The summed E-state index contributed by atoms with van der Waals surface area (Å²) in [7, 11) is 1.62. The molecule has 0 atom stereocenters. The van der Waals surface area contributed by atoms with Gasteiger partial charge in [0.1, 0.15) is 6.61 Å². The molecule has 0 aliphatic carbocycles. The van der Waals surface area contributed by atoms with Gasteiger partial charge in [-0.05, 0) is 36.4 Å². The number of rotatable bonds is 9. The molecule has 3 aromatic rings. The summed E-state index contributed by atoms with van der Waals surface area (Å²) >= 11 is 6.26. The summed E-state index contributed by atoms with van der Waals surface area (Å²) in [5.41, 5.74) is 3.58. The second-order valence-corrected chi connectivity index (χ2v) is 7.81. The summed E-state index contributed by atoms with van der Waals surface area (Å²) in [5, 5.41) is 6.95. The van der Waals surface area contributed by atoms with Crippen LogP contribution < -0.4 is 20.1 Å². The number of para-hydroxylation sites is 1. The average molecular weight is 439 g/mol. The lowest BCUT2D eigenvalue weighted by Crippen LogP contribution is -2.17. The Morgan fingerprint density at radius 1 is 0.935 bits per heavy atom. The van der Waals surface area contributed by atoms with E-state index in [0.717, 1.165) is 22.5 Å². The standard InChI is InChI=1S/C25H27ClN2O3/c1-17(2)25(29)28-21-13-11-20(12-14-21)27-15-18-8-6-10-23(30-3)24(18)31-16-19-7-4-5-9-22(19)26/h4-14,17,27H,15-16H2,1-3H3,(H,28,29). The van der Waals surface area contributed by atoms with Crippen LogP contribution in [0, 0.1) is 5.92 Å². The smallest absolute Gasteiger partial charge is 0.226 e. The summed E-state index contributed by atoms with van der Waals surface area (Å²) in [4.78, 5) is 11.8. The Labute approximate surface area is 188 Å². The highest BCUT2D eigenvalue weighted by Crippen LogP contribution is 2.33. The molecular weight excluding hydrogens is 412 g/mol. The molecule has 0 spiro atoms. The second-order valence-electron chi connectivity index (χ2n) is 7.40. The van der Waals surface area contributed by atoms with E-state index in [9.17, 15) is 4.79 Å². The molecule has 0 bridgehead atoms. The minimum absolute atomic E-state index is 0.00241. The van der Waals surface area contributed by atoms with Crippen LogP contribution >= 0.6 is 11.6 Å². The monoisotopic (exact) mass is 438 g/mol. The van der Waals surface area contributed by atoms with Crippen LogP contribution in [0.4, 0.5) is 11.4 Å². The van der Waals surface area contributed by atoms with Crippen LogP contribution in [-0.4, -0.2) is 13.0 Å². The third kappa shape index (κ3) is 6.15. The Balaban J connectivity index is 1.68. The first-order valence-electron chi connectivity index (χ1n) is 10.1. The van der Waals surface area contributed by atoms with Crippen molar-refractivity contribution in [3.05, 3.63) is 82.9 Å². The molecule has 0 fully saturated rings. The fourth-order valence-corrected chi connectivity index (χ4v) is 3.14. The Morgan fingerprint density at radius 3 is 2.29 bits per heavy atom. The molecule has 3 aromatic carbocycles. The van der Waals surface area contributed by atoms with Crippen molar-refractivity contribution in [3.63, 3.8) is 0 Å². The number of carbonyl (C=O) groups is 1. The largest absolute Gasteiger partial charge is 0.493 e. The zero-order valence-electron chi connectivity index (χ0n) is 17.9. The van der Waals surface area contributed by atoms with Crippen molar-refractivity contribution in [2.75, 3.05) is 17.7 Å². The molecule has 162 valence electrons. The highest BCUT2D eigenvalue weighted by Gasteiger charge is 2.12. The number of nitrogens with one attached hydrogen (secondary N) is 2. The number of amides is 1. The summed E-state index contributed by atoms with van der Waals surface area (Å²) in [6, 6.07) is 21.0. The van der Waals surface area contributed by atoms with Crippen molar-refractivity contribution in [2.45, 2.75) is 27.0 Å². The number of ether oxygens (including phenoxy) is 2. The van der Waals surface area contributed by atoms with Gasteiger partial charge in [0.2, 0.25) is 5.91 Å². The van der Waals surface area contributed by atoms with Crippen LogP contribution in [0.2, 0.25) is 5.02 Å². The number of anilines is 2. The van der Waals surface area contributed by atoms with Gasteiger partial charge in [0.25, 0.3) is 0 Å². The molecule has 0 radical (unpaired) electrons. The molecule has 2 N–H and O–H groups in total. The van der Waals surface area contributed by atoms with Gasteiger partial charge in [-0.1, -0.05) is 55.8 Å². The van der Waals surface area contributed by atoms with Crippen molar-refractivity contribution in [2.24, 2.45) is 5.92 Å². The average Bonchev–Trinajstić information content (AvgIpc) is 2.78. The molecule has 0 aliphatic heterocycles. The fraction of sp³-hybridized carbons (Fsp3) is 0.240. The first-order valence-corrected chi connectivity index (χ1v) is 10.5. The molecule has 0 aliphatic rings. The van der Waals surface area contributed by atoms with Gasteiger partial charge in [-0.15, -0.1) is 0 Å². The first-order chi connectivity index (χ1) is 15.0. The maximum atomic E-state index is 11.8. The fourth-order valence-electron chi connectivity index (χ4n) is 2.95. The lowest BCUT2D eigenvalue weighted by atomic mass is 10.1. The minimum Gasteiger partial charge on any atom is -0.493 e. The van der Waals surface area contributed by atoms with Crippen molar-refractivity contribution in [1.82, 2.24) is 0 Å². The number of methoxy groups -OCH3 is 1. The third-order valence-electron chi connectivity index (χ3n) is 4.77. The predicted molar refractivity (Wildman–Crippen MR) is 126 cm³/mol. The molecule has 5 nitrogen and oxygen atoms in total. The maximum absolute atomic E-state index is 11.8. The first kappa shape index (κ1) is 22.5. The maximum Gasteiger partial charge on any atom is 0.226 e. The quantitative estimate of drug-likeness (QED) is 0.421. The second kappa shape index (κ2) is 10.7. The highest BCUT2D eigenvalue weighted by molar-refractivity contribution is 6.31. The van der Waals surface area contributed by atoms with Crippen LogP contribution in [0.25, 0.3) is 0 Å². The number of benzene rings is 3. The van der Waals surface area contributed by atoms with Gasteiger partial charge in [0, 0.05) is 40.0 Å². The van der Waals surface area contributed by atoms with Gasteiger partial charge in [0.15, 0.2) is 11.5 Å². The lowest BCUT2D eigenvalue weighted by molar-refractivity contribution is -0.118. The zero-order valence-corrected chi connectivity index (χ0v) is 18.7. The van der Waals surface area contributed by atoms with Crippen LogP contribution in [0.1, 0.15) is 25.0 Å². The molecule has 3 rings (SSSR count). The van der Waals surface area contributed by atoms with E-state index in [1.165, 1.54) is 0 Å². The number of halogens is 1. The van der Waals surface area contributed by atoms with Crippen LogP contribution in [0.3, 0.4) is 0 Å². The SMILES string of the molecule is COc1cccc(CNc2ccc(NC(=O)C(C)C)cc2)c1OCc1ccccc1Cl. The molecular formula is C25H27ClN2O3. The minimum atomic E-state index is -0.0601. The number of hydrogen-bond donors (Lipinski definition) is 2. The van der Waals surface area contributed by atoms with Crippen LogP contribution in [0.5, 0.6) is 11.5 Å². The summed E-state index contributed by atoms with van der Waals surface area (Å²) in [6.07, 6.45) is 0. The van der Waals surface area contributed by atoms with Crippen LogP contribution in [0.15, 0.2) is 66.7 Å². The van der Waals surface area contributed by atoms with E-state index in [0.29, 0.717) is 29.7 Å². The van der Waals surface area contributed by atoms with Gasteiger partial charge in [-0.25, -0.2) is 0 Å². The highest BCUT2D eigenvalue weighted by atomic mass is 35.5. The Morgan fingerprint density at radius 2 is 1.61 bits per heavy atom. The normalized spacial score (nSPS) is 10.6. The topological polar surface area (TPSA) is 59.6 Å². The van der Waals surface area contributed by atoms with Crippen LogP contribution in [-0.2, 0) is 17.9 Å². The number of hydrogen-bond acceptors (Lipinski definition) is 4. The summed E-state index contributed by atoms with van der Waals surface area (Å²) < 4.78 is 11.6. The molecule has 0 unspecified atom stereocenters. The summed E-state index contributed by atoms with van der Waals surface area (Å²) in [6.45, 7) is 4.62.